The number of aromatic nitrogens is 2. The van der Waals surface area contributed by atoms with E-state index < -0.39 is 17.4 Å². The van der Waals surface area contributed by atoms with Crippen molar-refractivity contribution in [2.45, 2.75) is 25.6 Å². The van der Waals surface area contributed by atoms with E-state index in [4.69, 9.17) is 21.1 Å². The quantitative estimate of drug-likeness (QED) is 0.444. The van der Waals surface area contributed by atoms with Crippen LogP contribution < -0.4 is 10.7 Å². The second-order valence-electron chi connectivity index (χ2n) is 10.1. The molecule has 2 saturated heterocycles. The Morgan fingerprint density at radius 2 is 1.85 bits per heavy atom. The molecule has 2 fully saturated rings. The molecule has 0 radical (unpaired) electrons. The molecule has 212 valence electrons. The lowest BCUT2D eigenvalue weighted by atomic mass is 9.98. The van der Waals surface area contributed by atoms with Gasteiger partial charge < -0.3 is 24.8 Å². The van der Waals surface area contributed by atoms with Crippen molar-refractivity contribution in [3.8, 4) is 0 Å². The third kappa shape index (κ3) is 6.44. The fraction of sp³-hybridized carbons (Fsp3) is 0.429. The Labute approximate surface area is 236 Å². The molecule has 2 aliphatic rings. The number of carbonyl (C=O) groups is 2. The number of ether oxygens (including phenoxy) is 2. The smallest absolute Gasteiger partial charge is 0.407 e. The summed E-state index contributed by atoms with van der Waals surface area (Å²) in [7, 11) is 1.70. The van der Waals surface area contributed by atoms with E-state index >= 15 is 0 Å². The predicted molar refractivity (Wildman–Crippen MR) is 149 cm³/mol. The fourth-order valence-corrected chi connectivity index (χ4v) is 5.36. The Kier molecular flexibility index (Phi) is 8.65. The maximum atomic E-state index is 13.7. The van der Waals surface area contributed by atoms with Crippen LogP contribution in [0.15, 0.2) is 41.2 Å². The number of fused-ring (bicyclic) bond motifs is 1. The van der Waals surface area contributed by atoms with Crippen LogP contribution >= 0.6 is 11.6 Å². The summed E-state index contributed by atoms with van der Waals surface area (Å²) in [6, 6.07) is 10.9. The summed E-state index contributed by atoms with van der Waals surface area (Å²) in [5.74, 6) is -0.565. The molecule has 5 rings (SSSR count). The lowest BCUT2D eigenvalue weighted by Crippen LogP contribution is -2.45. The van der Waals surface area contributed by atoms with E-state index in [1.54, 1.807) is 36.0 Å². The zero-order valence-corrected chi connectivity index (χ0v) is 23.0. The highest BCUT2D eigenvalue weighted by atomic mass is 35.5. The molecule has 2 N–H and O–H groups in total. The molecular formula is C28H32ClN5O6. The van der Waals surface area contributed by atoms with E-state index in [0.717, 1.165) is 29.8 Å². The number of halogens is 1. The van der Waals surface area contributed by atoms with Gasteiger partial charge in [-0.05, 0) is 34.9 Å². The average Bonchev–Trinajstić information content (AvgIpc) is 2.95. The van der Waals surface area contributed by atoms with Crippen LogP contribution in [0.3, 0.4) is 0 Å². The Morgan fingerprint density at radius 1 is 1.10 bits per heavy atom. The summed E-state index contributed by atoms with van der Waals surface area (Å²) in [5.41, 5.74) is 2.53. The van der Waals surface area contributed by atoms with Gasteiger partial charge >= 0.3 is 6.09 Å². The molecule has 40 heavy (non-hydrogen) atoms. The highest BCUT2D eigenvalue weighted by Crippen LogP contribution is 2.23. The number of amides is 2. The number of hydrogen-bond donors (Lipinski definition) is 2. The molecule has 1 aromatic heterocycles. The molecule has 0 saturated carbocycles. The fourth-order valence-electron chi connectivity index (χ4n) is 5.23. The number of nitrogens with one attached hydrogen (secondary N) is 1. The molecule has 1 atom stereocenters. The second-order valence-corrected chi connectivity index (χ2v) is 10.5. The summed E-state index contributed by atoms with van der Waals surface area (Å²) in [5, 5.41) is 17.6. The zero-order valence-electron chi connectivity index (χ0n) is 22.3. The number of hydrogen-bond acceptors (Lipinski definition) is 7. The Bertz CT molecular complexity index is 1450. The highest BCUT2D eigenvalue weighted by molar-refractivity contribution is 6.30. The number of nitrogens with zero attached hydrogens (tertiary/aromatic N) is 4. The molecule has 2 aliphatic heterocycles. The van der Waals surface area contributed by atoms with E-state index in [0.29, 0.717) is 55.3 Å². The topological polar surface area (TPSA) is 126 Å². The summed E-state index contributed by atoms with van der Waals surface area (Å²) in [6.45, 7) is 4.53. The monoisotopic (exact) mass is 569 g/mol. The van der Waals surface area contributed by atoms with Crippen molar-refractivity contribution in [2.24, 2.45) is 7.05 Å². The maximum absolute atomic E-state index is 13.7. The van der Waals surface area contributed by atoms with Gasteiger partial charge in [0.05, 0.1) is 43.4 Å². The first kappa shape index (κ1) is 28.0. The van der Waals surface area contributed by atoms with Crippen molar-refractivity contribution in [3.63, 3.8) is 0 Å². The molecule has 3 heterocycles. The third-order valence-electron chi connectivity index (χ3n) is 7.23. The van der Waals surface area contributed by atoms with Gasteiger partial charge in [0, 0.05) is 51.2 Å². The predicted octanol–water partition coefficient (Wildman–Crippen LogP) is 2.27. The third-order valence-corrected chi connectivity index (χ3v) is 7.48. The number of carbonyl (C=O) groups excluding carboxylic acids is 1. The van der Waals surface area contributed by atoms with Gasteiger partial charge in [-0.15, -0.1) is 0 Å². The SMILES string of the molecule is Cn1nc(C(=O)NCc2ccc(Cl)cc2)c(=O)c2cc(CN3CCOCC3)cc(CC3CN(C(=O)O)CCO3)c21. The van der Waals surface area contributed by atoms with E-state index in [-0.39, 0.29) is 24.9 Å². The normalized spacial score (nSPS) is 18.1. The van der Waals surface area contributed by atoms with Gasteiger partial charge in [-0.3, -0.25) is 19.2 Å². The molecule has 3 aromatic rings. The van der Waals surface area contributed by atoms with Crippen molar-refractivity contribution in [3.05, 3.63) is 74.0 Å². The highest BCUT2D eigenvalue weighted by Gasteiger charge is 2.26. The van der Waals surface area contributed by atoms with Gasteiger partial charge in [0.1, 0.15) is 0 Å². The molecule has 0 spiro atoms. The van der Waals surface area contributed by atoms with Gasteiger partial charge in [-0.25, -0.2) is 4.79 Å². The first-order valence-electron chi connectivity index (χ1n) is 13.2. The summed E-state index contributed by atoms with van der Waals surface area (Å²) in [4.78, 5) is 41.9. The summed E-state index contributed by atoms with van der Waals surface area (Å²) >= 11 is 5.95. The molecule has 1 unspecified atom stereocenters. The van der Waals surface area contributed by atoms with Crippen LogP contribution in [-0.4, -0.2) is 88.8 Å². The molecule has 11 nitrogen and oxygen atoms in total. The molecule has 2 aromatic carbocycles. The van der Waals surface area contributed by atoms with E-state index in [2.05, 4.69) is 15.3 Å². The molecule has 0 aliphatic carbocycles. The molecular weight excluding hydrogens is 538 g/mol. The van der Waals surface area contributed by atoms with Gasteiger partial charge in [0.25, 0.3) is 5.91 Å². The number of morpholine rings is 2. The van der Waals surface area contributed by atoms with Gasteiger partial charge in [-0.2, -0.15) is 5.10 Å². The van der Waals surface area contributed by atoms with Crippen LogP contribution in [0.5, 0.6) is 0 Å². The lowest BCUT2D eigenvalue weighted by molar-refractivity contribution is -0.0209. The maximum Gasteiger partial charge on any atom is 0.407 e. The Hall–Kier alpha value is -3.51. The molecule has 0 bridgehead atoms. The van der Waals surface area contributed by atoms with E-state index in [1.807, 2.05) is 12.1 Å². The number of carboxylic acid groups (broad SMARTS) is 1. The van der Waals surface area contributed by atoms with Crippen molar-refractivity contribution >= 4 is 34.5 Å². The van der Waals surface area contributed by atoms with Crippen LogP contribution in [0.25, 0.3) is 10.9 Å². The molecule has 12 heteroatoms. The number of rotatable bonds is 7. The first-order chi connectivity index (χ1) is 19.3. The van der Waals surface area contributed by atoms with Crippen molar-refractivity contribution in [1.82, 2.24) is 24.9 Å². The van der Waals surface area contributed by atoms with Crippen LogP contribution in [0.4, 0.5) is 4.79 Å². The van der Waals surface area contributed by atoms with Crippen LogP contribution in [0.2, 0.25) is 5.02 Å². The Balaban J connectivity index is 1.48. The minimum absolute atomic E-state index is 0.190. The zero-order chi connectivity index (χ0) is 28.2. The largest absolute Gasteiger partial charge is 0.465 e. The van der Waals surface area contributed by atoms with Crippen molar-refractivity contribution in [2.75, 3.05) is 46.0 Å². The lowest BCUT2D eigenvalue weighted by Gasteiger charge is -2.31. The summed E-state index contributed by atoms with van der Waals surface area (Å²) in [6.07, 6.45) is -0.958. The van der Waals surface area contributed by atoms with Gasteiger partial charge in [0.2, 0.25) is 5.43 Å². The summed E-state index contributed by atoms with van der Waals surface area (Å²) < 4.78 is 12.9. The molecule has 2 amide bonds. The standard InChI is InChI=1S/C28H32ClN5O6/c1-32-25-20(14-22-17-34(28(37)38)8-11-40-22)12-19(16-33-6-9-39-10-7-33)13-23(25)26(35)24(31-32)27(36)30-15-18-2-4-21(29)5-3-18/h2-5,12-13,22H,6-11,14-17H2,1H3,(H,30,36)(H,37,38). The average molecular weight is 570 g/mol. The second kappa shape index (κ2) is 12.3. The minimum Gasteiger partial charge on any atom is -0.465 e. The van der Waals surface area contributed by atoms with Crippen LogP contribution in [0, 0.1) is 0 Å². The van der Waals surface area contributed by atoms with Gasteiger partial charge in [0.15, 0.2) is 5.69 Å². The Morgan fingerprint density at radius 3 is 2.58 bits per heavy atom. The van der Waals surface area contributed by atoms with E-state index in [1.165, 1.54) is 4.90 Å². The van der Waals surface area contributed by atoms with Crippen LogP contribution in [0.1, 0.15) is 27.2 Å². The van der Waals surface area contributed by atoms with E-state index in [9.17, 15) is 19.5 Å². The van der Waals surface area contributed by atoms with Gasteiger partial charge in [-0.1, -0.05) is 29.8 Å². The minimum atomic E-state index is -0.984. The van der Waals surface area contributed by atoms with Crippen molar-refractivity contribution in [1.29, 1.82) is 0 Å². The van der Waals surface area contributed by atoms with Crippen LogP contribution in [-0.2, 0) is 36.0 Å². The number of aryl methyl sites for hydroxylation is 1. The first-order valence-corrected chi connectivity index (χ1v) is 13.6. The number of benzene rings is 2. The van der Waals surface area contributed by atoms with Crippen molar-refractivity contribution < 1.29 is 24.2 Å².